The molecule has 0 atom stereocenters. The van der Waals surface area contributed by atoms with E-state index in [4.69, 9.17) is 4.74 Å². The lowest BCUT2D eigenvalue weighted by Gasteiger charge is -2.21. The second-order valence-electron chi connectivity index (χ2n) is 6.33. The largest absolute Gasteiger partial charge is 0.497 e. The maximum atomic E-state index is 10.5. The second-order valence-corrected chi connectivity index (χ2v) is 6.33. The molecule has 1 aromatic heterocycles. The number of fused-ring (bicyclic) bond motifs is 1. The third-order valence-corrected chi connectivity index (χ3v) is 4.01. The van der Waals surface area contributed by atoms with Gasteiger partial charge in [0.2, 0.25) is 0 Å². The van der Waals surface area contributed by atoms with Crippen LogP contribution in [0, 0.1) is 0 Å². The van der Waals surface area contributed by atoms with Crippen LogP contribution in [-0.4, -0.2) is 17.2 Å². The summed E-state index contributed by atoms with van der Waals surface area (Å²) in [6.07, 6.45) is 0. The Kier molecular flexibility index (Phi) is 4.40. The van der Waals surface area contributed by atoms with Gasteiger partial charge in [-0.2, -0.15) is 0 Å². The van der Waals surface area contributed by atoms with Crippen molar-refractivity contribution in [3.8, 4) is 5.75 Å². The summed E-state index contributed by atoms with van der Waals surface area (Å²) in [5.74, 6) is 1.59. The number of ether oxygens (including phenoxy) is 1. The van der Waals surface area contributed by atoms with Gasteiger partial charge in [0, 0.05) is 11.9 Å². The van der Waals surface area contributed by atoms with Crippen LogP contribution in [0.25, 0.3) is 10.9 Å². The Hall–Kier alpha value is -2.59. The molecule has 4 nitrogen and oxygen atoms in total. The minimum atomic E-state index is -0.931. The normalized spacial score (nSPS) is 11.5. The van der Waals surface area contributed by atoms with Crippen LogP contribution in [0.1, 0.15) is 25.0 Å². The Morgan fingerprint density at radius 3 is 2.46 bits per heavy atom. The molecule has 3 rings (SSSR count). The van der Waals surface area contributed by atoms with Crippen molar-refractivity contribution in [2.45, 2.75) is 26.0 Å². The van der Waals surface area contributed by atoms with Crippen molar-refractivity contribution in [1.29, 1.82) is 0 Å². The number of anilines is 1. The van der Waals surface area contributed by atoms with Crippen molar-refractivity contribution in [2.75, 3.05) is 12.4 Å². The minimum absolute atomic E-state index is 0.653. The number of benzene rings is 2. The van der Waals surface area contributed by atoms with Crippen LogP contribution in [0.2, 0.25) is 0 Å². The summed E-state index contributed by atoms with van der Waals surface area (Å²) in [4.78, 5) is 4.65. The number of aromatic nitrogens is 1. The molecule has 0 saturated heterocycles. The molecule has 1 heterocycles. The number of nitrogens with zero attached hydrogens (tertiary/aromatic N) is 1. The Labute approximate surface area is 142 Å². The molecule has 3 aromatic rings. The third kappa shape index (κ3) is 3.49. The number of pyridine rings is 1. The van der Waals surface area contributed by atoms with Gasteiger partial charge in [0.05, 0.1) is 18.2 Å². The van der Waals surface area contributed by atoms with E-state index in [1.54, 1.807) is 21.0 Å². The lowest BCUT2D eigenvalue weighted by molar-refractivity contribution is 0.0802. The van der Waals surface area contributed by atoms with Crippen LogP contribution in [-0.2, 0) is 12.1 Å². The number of methoxy groups -OCH3 is 1. The van der Waals surface area contributed by atoms with Gasteiger partial charge in [-0.3, -0.25) is 0 Å². The standard InChI is InChI=1S/C20H22N2O2/c1-20(2,23)17-12-19(22-18-7-5-4-6-16(17)18)21-13-14-8-10-15(24-3)11-9-14/h4-12,23H,13H2,1-3H3,(H,21,22). The van der Waals surface area contributed by atoms with E-state index in [1.807, 2.05) is 54.6 Å². The Morgan fingerprint density at radius 2 is 1.79 bits per heavy atom. The van der Waals surface area contributed by atoms with E-state index < -0.39 is 5.60 Å². The van der Waals surface area contributed by atoms with E-state index in [9.17, 15) is 5.11 Å². The fourth-order valence-electron chi connectivity index (χ4n) is 2.71. The van der Waals surface area contributed by atoms with Gasteiger partial charge < -0.3 is 15.2 Å². The topological polar surface area (TPSA) is 54.4 Å². The highest BCUT2D eigenvalue weighted by Crippen LogP contribution is 2.29. The van der Waals surface area contributed by atoms with Crippen molar-refractivity contribution < 1.29 is 9.84 Å². The van der Waals surface area contributed by atoms with E-state index in [0.29, 0.717) is 6.54 Å². The van der Waals surface area contributed by atoms with E-state index >= 15 is 0 Å². The van der Waals surface area contributed by atoms with E-state index in [0.717, 1.165) is 33.6 Å². The predicted octanol–water partition coefficient (Wildman–Crippen LogP) is 4.08. The summed E-state index contributed by atoms with van der Waals surface area (Å²) in [5.41, 5.74) is 1.94. The van der Waals surface area contributed by atoms with Crippen molar-refractivity contribution in [3.05, 3.63) is 65.7 Å². The highest BCUT2D eigenvalue weighted by molar-refractivity contribution is 5.84. The average molecular weight is 322 g/mol. The zero-order valence-electron chi connectivity index (χ0n) is 14.2. The number of para-hydroxylation sites is 1. The van der Waals surface area contributed by atoms with Crippen molar-refractivity contribution in [2.24, 2.45) is 0 Å². The molecular weight excluding hydrogens is 300 g/mol. The molecule has 0 amide bonds. The van der Waals surface area contributed by atoms with Gasteiger partial charge in [0.25, 0.3) is 0 Å². The van der Waals surface area contributed by atoms with Gasteiger partial charge in [-0.1, -0.05) is 30.3 Å². The molecule has 0 spiro atoms. The van der Waals surface area contributed by atoms with Gasteiger partial charge in [-0.05, 0) is 49.2 Å². The molecule has 2 aromatic carbocycles. The smallest absolute Gasteiger partial charge is 0.127 e. The number of rotatable bonds is 5. The second kappa shape index (κ2) is 6.49. The number of aliphatic hydroxyl groups is 1. The van der Waals surface area contributed by atoms with Gasteiger partial charge in [-0.25, -0.2) is 4.98 Å². The van der Waals surface area contributed by atoms with Crippen molar-refractivity contribution >= 4 is 16.7 Å². The molecule has 24 heavy (non-hydrogen) atoms. The minimum Gasteiger partial charge on any atom is -0.497 e. The summed E-state index contributed by atoms with van der Waals surface area (Å²) < 4.78 is 5.17. The van der Waals surface area contributed by atoms with Crippen molar-refractivity contribution in [1.82, 2.24) is 4.98 Å². The zero-order chi connectivity index (χ0) is 17.2. The van der Waals surface area contributed by atoms with Crippen LogP contribution in [0.5, 0.6) is 5.75 Å². The first kappa shape index (κ1) is 16.3. The molecule has 0 unspecified atom stereocenters. The first-order chi connectivity index (χ1) is 11.5. The van der Waals surface area contributed by atoms with Crippen LogP contribution in [0.15, 0.2) is 54.6 Å². The maximum Gasteiger partial charge on any atom is 0.127 e. The summed E-state index contributed by atoms with van der Waals surface area (Å²) in [7, 11) is 1.66. The quantitative estimate of drug-likeness (QED) is 0.743. The molecule has 0 aliphatic heterocycles. The van der Waals surface area contributed by atoms with Crippen LogP contribution in [0.3, 0.4) is 0 Å². The lowest BCUT2D eigenvalue weighted by Crippen LogP contribution is -2.17. The molecule has 0 aliphatic carbocycles. The molecule has 0 bridgehead atoms. The highest BCUT2D eigenvalue weighted by Gasteiger charge is 2.20. The summed E-state index contributed by atoms with van der Waals surface area (Å²) in [6.45, 7) is 4.24. The van der Waals surface area contributed by atoms with E-state index in [-0.39, 0.29) is 0 Å². The lowest BCUT2D eigenvalue weighted by atomic mass is 9.94. The first-order valence-electron chi connectivity index (χ1n) is 7.97. The van der Waals surface area contributed by atoms with E-state index in [2.05, 4.69) is 10.3 Å². The number of hydrogen-bond acceptors (Lipinski definition) is 4. The van der Waals surface area contributed by atoms with Crippen molar-refractivity contribution in [3.63, 3.8) is 0 Å². The average Bonchev–Trinajstić information content (AvgIpc) is 2.59. The fraction of sp³-hybridized carbons (Fsp3) is 0.250. The Balaban J connectivity index is 1.89. The zero-order valence-corrected chi connectivity index (χ0v) is 14.2. The molecule has 124 valence electrons. The van der Waals surface area contributed by atoms with Gasteiger partial charge in [0.1, 0.15) is 11.6 Å². The molecule has 4 heteroatoms. The highest BCUT2D eigenvalue weighted by atomic mass is 16.5. The van der Waals surface area contributed by atoms with Crippen LogP contribution in [0.4, 0.5) is 5.82 Å². The summed E-state index contributed by atoms with van der Waals surface area (Å²) in [6, 6.07) is 17.7. The third-order valence-electron chi connectivity index (χ3n) is 4.01. The van der Waals surface area contributed by atoms with Gasteiger partial charge >= 0.3 is 0 Å². The van der Waals surface area contributed by atoms with Crippen LogP contribution >= 0.6 is 0 Å². The predicted molar refractivity (Wildman–Crippen MR) is 97.3 cm³/mol. The molecule has 0 fully saturated rings. The fourth-order valence-corrected chi connectivity index (χ4v) is 2.71. The SMILES string of the molecule is COc1ccc(CNc2cc(C(C)(C)O)c3ccccc3n2)cc1. The molecule has 2 N–H and O–H groups in total. The Bertz CT molecular complexity index is 836. The number of hydrogen-bond donors (Lipinski definition) is 2. The summed E-state index contributed by atoms with van der Waals surface area (Å²) >= 11 is 0. The number of nitrogens with one attached hydrogen (secondary N) is 1. The molecule has 0 saturated carbocycles. The Morgan fingerprint density at radius 1 is 1.08 bits per heavy atom. The first-order valence-corrected chi connectivity index (χ1v) is 7.97. The summed E-state index contributed by atoms with van der Waals surface area (Å²) in [5, 5.41) is 14.8. The molecule has 0 aliphatic rings. The maximum absolute atomic E-state index is 10.5. The van der Waals surface area contributed by atoms with Crippen LogP contribution < -0.4 is 10.1 Å². The monoisotopic (exact) mass is 322 g/mol. The van der Waals surface area contributed by atoms with Gasteiger partial charge in [0.15, 0.2) is 0 Å². The van der Waals surface area contributed by atoms with Gasteiger partial charge in [-0.15, -0.1) is 0 Å². The molecular formula is C20H22N2O2. The van der Waals surface area contributed by atoms with E-state index in [1.165, 1.54) is 0 Å². The molecule has 0 radical (unpaired) electrons.